The van der Waals surface area contributed by atoms with Crippen molar-refractivity contribution >= 4 is 5.69 Å². The van der Waals surface area contributed by atoms with E-state index in [0.717, 1.165) is 18.5 Å². The Labute approximate surface area is 90.2 Å². The van der Waals surface area contributed by atoms with Crippen LogP contribution in [0, 0.1) is 0 Å². The van der Waals surface area contributed by atoms with E-state index < -0.39 is 5.79 Å². The third-order valence-corrected chi connectivity index (χ3v) is 2.72. The molecule has 1 heterocycles. The second-order valence-electron chi connectivity index (χ2n) is 4.08. The van der Waals surface area contributed by atoms with E-state index >= 15 is 0 Å². The summed E-state index contributed by atoms with van der Waals surface area (Å²) in [7, 11) is 0. The van der Waals surface area contributed by atoms with Crippen LogP contribution in [0.1, 0.15) is 18.9 Å². The maximum absolute atomic E-state index is 5.71. The molecule has 3 heteroatoms. The topological polar surface area (TPSA) is 44.5 Å². The molecule has 0 spiro atoms. The zero-order chi connectivity index (χ0) is 10.7. The first-order valence-corrected chi connectivity index (χ1v) is 5.30. The van der Waals surface area contributed by atoms with Crippen molar-refractivity contribution in [2.24, 2.45) is 0 Å². The highest BCUT2D eigenvalue weighted by atomic mass is 16.7. The first kappa shape index (κ1) is 10.5. The lowest BCUT2D eigenvalue weighted by molar-refractivity contribution is -0.146. The molecule has 0 aromatic heterocycles. The molecule has 0 bridgehead atoms. The van der Waals surface area contributed by atoms with Gasteiger partial charge in [-0.2, -0.15) is 0 Å². The van der Waals surface area contributed by atoms with Gasteiger partial charge in [0.25, 0.3) is 0 Å². The Morgan fingerprint density at radius 3 is 2.73 bits per heavy atom. The van der Waals surface area contributed by atoms with E-state index in [0.29, 0.717) is 13.2 Å². The van der Waals surface area contributed by atoms with Crippen LogP contribution < -0.4 is 5.73 Å². The minimum atomic E-state index is -0.398. The van der Waals surface area contributed by atoms with Crippen LogP contribution in [0.2, 0.25) is 0 Å². The van der Waals surface area contributed by atoms with Gasteiger partial charge in [-0.25, -0.2) is 0 Å². The number of aryl methyl sites for hydroxylation is 1. The molecule has 1 aromatic carbocycles. The molecule has 0 aliphatic carbocycles. The van der Waals surface area contributed by atoms with Crippen LogP contribution in [0.3, 0.4) is 0 Å². The molecule has 2 N–H and O–H groups in total. The molecule has 0 saturated carbocycles. The monoisotopic (exact) mass is 207 g/mol. The van der Waals surface area contributed by atoms with Gasteiger partial charge in [-0.3, -0.25) is 0 Å². The fourth-order valence-electron chi connectivity index (χ4n) is 1.82. The Morgan fingerprint density at radius 1 is 1.33 bits per heavy atom. The molecule has 1 aliphatic heterocycles. The summed E-state index contributed by atoms with van der Waals surface area (Å²) in [6, 6.07) is 7.95. The van der Waals surface area contributed by atoms with E-state index in [4.69, 9.17) is 15.2 Å². The van der Waals surface area contributed by atoms with Crippen LogP contribution in [0.15, 0.2) is 24.3 Å². The number of nitrogens with two attached hydrogens (primary N) is 1. The molecule has 1 fully saturated rings. The van der Waals surface area contributed by atoms with Gasteiger partial charge in [0.2, 0.25) is 0 Å². The molecule has 3 nitrogen and oxygen atoms in total. The van der Waals surface area contributed by atoms with Crippen molar-refractivity contribution in [1.29, 1.82) is 0 Å². The van der Waals surface area contributed by atoms with Crippen LogP contribution >= 0.6 is 0 Å². The number of hydrogen-bond acceptors (Lipinski definition) is 3. The van der Waals surface area contributed by atoms with Crippen molar-refractivity contribution < 1.29 is 9.47 Å². The van der Waals surface area contributed by atoms with Crippen molar-refractivity contribution in [3.05, 3.63) is 29.8 Å². The zero-order valence-corrected chi connectivity index (χ0v) is 9.03. The molecular weight excluding hydrogens is 190 g/mol. The molecule has 1 aliphatic rings. The third-order valence-electron chi connectivity index (χ3n) is 2.72. The van der Waals surface area contributed by atoms with Gasteiger partial charge in [-0.15, -0.1) is 0 Å². The lowest BCUT2D eigenvalue weighted by Gasteiger charge is -2.22. The fraction of sp³-hybridized carbons (Fsp3) is 0.500. The van der Waals surface area contributed by atoms with Gasteiger partial charge in [-0.05, 0) is 31.0 Å². The maximum Gasteiger partial charge on any atom is 0.166 e. The van der Waals surface area contributed by atoms with Gasteiger partial charge >= 0.3 is 0 Å². The Bertz CT molecular complexity index is 332. The van der Waals surface area contributed by atoms with Crippen LogP contribution in [-0.4, -0.2) is 19.0 Å². The first-order chi connectivity index (χ1) is 7.18. The average molecular weight is 207 g/mol. The second kappa shape index (κ2) is 4.21. The predicted octanol–water partition coefficient (Wildman–Crippen LogP) is 1.96. The summed E-state index contributed by atoms with van der Waals surface area (Å²) in [5, 5.41) is 0. The normalized spacial score (nSPS) is 19.3. The first-order valence-electron chi connectivity index (χ1n) is 5.30. The summed E-state index contributed by atoms with van der Waals surface area (Å²) >= 11 is 0. The van der Waals surface area contributed by atoms with E-state index in [1.54, 1.807) is 0 Å². The van der Waals surface area contributed by atoms with Crippen molar-refractivity contribution in [3.63, 3.8) is 0 Å². The number of rotatable bonds is 3. The molecule has 0 atom stereocenters. The van der Waals surface area contributed by atoms with Crippen molar-refractivity contribution in [3.8, 4) is 0 Å². The standard InChI is InChI=1S/C12H17NO2/c1-12(14-7-8-15-12)6-5-10-3-2-4-11(13)9-10/h2-4,9H,5-8,13H2,1H3. The van der Waals surface area contributed by atoms with Gasteiger partial charge in [0.15, 0.2) is 5.79 Å². The minimum absolute atomic E-state index is 0.398. The maximum atomic E-state index is 5.71. The molecule has 82 valence electrons. The Kier molecular flexibility index (Phi) is 2.93. The SMILES string of the molecule is CC1(CCc2cccc(N)c2)OCCO1. The van der Waals surface area contributed by atoms with Gasteiger partial charge in [0, 0.05) is 12.1 Å². The molecule has 0 amide bonds. The molecular formula is C12H17NO2. The average Bonchev–Trinajstić information content (AvgIpc) is 2.63. The lowest BCUT2D eigenvalue weighted by atomic mass is 10.1. The van der Waals surface area contributed by atoms with Gasteiger partial charge in [-0.1, -0.05) is 12.1 Å². The molecule has 1 saturated heterocycles. The fourth-order valence-corrected chi connectivity index (χ4v) is 1.82. The largest absolute Gasteiger partial charge is 0.399 e. The Balaban J connectivity index is 1.92. The number of nitrogen functional groups attached to an aromatic ring is 1. The summed E-state index contributed by atoms with van der Waals surface area (Å²) < 4.78 is 11.1. The molecule has 0 radical (unpaired) electrons. The second-order valence-corrected chi connectivity index (χ2v) is 4.08. The van der Waals surface area contributed by atoms with Gasteiger partial charge in [0.1, 0.15) is 0 Å². The predicted molar refractivity (Wildman–Crippen MR) is 59.5 cm³/mol. The van der Waals surface area contributed by atoms with E-state index in [2.05, 4.69) is 6.07 Å². The summed E-state index contributed by atoms with van der Waals surface area (Å²) in [5.74, 6) is -0.398. The highest BCUT2D eigenvalue weighted by Crippen LogP contribution is 2.24. The number of hydrogen-bond donors (Lipinski definition) is 1. The molecule has 1 aromatic rings. The van der Waals surface area contributed by atoms with Crippen LogP contribution in [0.4, 0.5) is 5.69 Å². The highest BCUT2D eigenvalue weighted by molar-refractivity contribution is 5.40. The van der Waals surface area contributed by atoms with Crippen LogP contribution in [0.5, 0.6) is 0 Å². The summed E-state index contributed by atoms with van der Waals surface area (Å²) in [5.41, 5.74) is 7.76. The Morgan fingerprint density at radius 2 is 2.07 bits per heavy atom. The molecule has 15 heavy (non-hydrogen) atoms. The zero-order valence-electron chi connectivity index (χ0n) is 9.03. The van der Waals surface area contributed by atoms with Gasteiger partial charge < -0.3 is 15.2 Å². The molecule has 0 unspecified atom stereocenters. The Hall–Kier alpha value is -1.06. The summed E-state index contributed by atoms with van der Waals surface area (Å²) in [6.07, 6.45) is 1.80. The van der Waals surface area contributed by atoms with Crippen LogP contribution in [-0.2, 0) is 15.9 Å². The van der Waals surface area contributed by atoms with E-state index in [-0.39, 0.29) is 0 Å². The lowest BCUT2D eigenvalue weighted by Crippen LogP contribution is -2.26. The van der Waals surface area contributed by atoms with E-state index in [9.17, 15) is 0 Å². The minimum Gasteiger partial charge on any atom is -0.399 e. The number of anilines is 1. The van der Waals surface area contributed by atoms with Crippen molar-refractivity contribution in [1.82, 2.24) is 0 Å². The highest BCUT2D eigenvalue weighted by Gasteiger charge is 2.30. The smallest absolute Gasteiger partial charge is 0.166 e. The van der Waals surface area contributed by atoms with Crippen molar-refractivity contribution in [2.45, 2.75) is 25.6 Å². The van der Waals surface area contributed by atoms with Crippen LogP contribution in [0.25, 0.3) is 0 Å². The quantitative estimate of drug-likeness (QED) is 0.771. The van der Waals surface area contributed by atoms with Gasteiger partial charge in [0.05, 0.1) is 13.2 Å². The third kappa shape index (κ3) is 2.70. The molecule has 2 rings (SSSR count). The van der Waals surface area contributed by atoms with E-state index in [1.807, 2.05) is 25.1 Å². The summed E-state index contributed by atoms with van der Waals surface area (Å²) in [6.45, 7) is 3.40. The van der Waals surface area contributed by atoms with E-state index in [1.165, 1.54) is 5.56 Å². The number of benzene rings is 1. The van der Waals surface area contributed by atoms with Crippen molar-refractivity contribution in [2.75, 3.05) is 18.9 Å². The number of ether oxygens (including phenoxy) is 2. The summed E-state index contributed by atoms with van der Waals surface area (Å²) in [4.78, 5) is 0.